The van der Waals surface area contributed by atoms with E-state index in [4.69, 9.17) is 0 Å². The third kappa shape index (κ3) is 4.52. The lowest BCUT2D eigenvalue weighted by Gasteiger charge is -2.11. The Morgan fingerprint density at radius 2 is 2.11 bits per heavy atom. The van der Waals surface area contributed by atoms with Crippen LogP contribution in [-0.2, 0) is 4.79 Å². The van der Waals surface area contributed by atoms with E-state index >= 15 is 0 Å². The summed E-state index contributed by atoms with van der Waals surface area (Å²) in [7, 11) is 4.02. The molecule has 1 heterocycles. The molecule has 0 spiro atoms. The van der Waals surface area contributed by atoms with Crippen molar-refractivity contribution in [1.29, 1.82) is 0 Å². The second-order valence-corrected chi connectivity index (χ2v) is 7.03. The average Bonchev–Trinajstić information content (AvgIpc) is 2.94. The summed E-state index contributed by atoms with van der Waals surface area (Å²) < 4.78 is 14.3. The van der Waals surface area contributed by atoms with Crippen LogP contribution < -0.4 is 10.6 Å². The van der Waals surface area contributed by atoms with Gasteiger partial charge in [-0.05, 0) is 63.3 Å². The van der Waals surface area contributed by atoms with Gasteiger partial charge in [0.25, 0.3) is 0 Å². The van der Waals surface area contributed by atoms with E-state index in [0.29, 0.717) is 17.9 Å². The highest BCUT2D eigenvalue weighted by atomic mass is 19.1. The quantitative estimate of drug-likeness (QED) is 0.575. The van der Waals surface area contributed by atoms with Crippen molar-refractivity contribution in [2.75, 3.05) is 37.8 Å². The Bertz CT molecular complexity index is 863. The molecule has 1 unspecified atom stereocenters. The molecule has 0 radical (unpaired) electrons. The van der Waals surface area contributed by atoms with Gasteiger partial charge in [-0.25, -0.2) is 4.39 Å². The Morgan fingerprint density at radius 1 is 1.30 bits per heavy atom. The summed E-state index contributed by atoms with van der Waals surface area (Å²) in [5.41, 5.74) is 3.74. The number of aryl methyl sites for hydroxylation is 1. The predicted molar refractivity (Wildman–Crippen MR) is 109 cm³/mol. The van der Waals surface area contributed by atoms with Crippen LogP contribution in [0, 0.1) is 12.7 Å². The number of aliphatic imine (C=N–C) groups is 1. The first kappa shape index (κ1) is 19.0. The van der Waals surface area contributed by atoms with Gasteiger partial charge in [0.1, 0.15) is 11.7 Å². The number of hydrogen-bond donors (Lipinski definition) is 2. The van der Waals surface area contributed by atoms with Crippen molar-refractivity contribution >= 4 is 29.2 Å². The second kappa shape index (κ2) is 8.31. The molecule has 1 aliphatic heterocycles. The number of carbonyl (C=O) groups excluding carboxylic acids is 1. The van der Waals surface area contributed by atoms with Crippen molar-refractivity contribution < 1.29 is 9.18 Å². The number of carbonyl (C=O) groups is 1. The first-order valence-electron chi connectivity index (χ1n) is 9.08. The summed E-state index contributed by atoms with van der Waals surface area (Å²) in [4.78, 5) is 18.7. The van der Waals surface area contributed by atoms with E-state index in [-0.39, 0.29) is 11.7 Å². The fourth-order valence-corrected chi connectivity index (χ4v) is 3.19. The fraction of sp³-hybridized carbons (Fsp3) is 0.333. The molecule has 1 amide bonds. The van der Waals surface area contributed by atoms with Crippen LogP contribution in [0.25, 0.3) is 0 Å². The number of rotatable bonds is 7. The standard InChI is InChI=1S/C21H25FN4O/c1-14-6-4-7-19-20(14)16(21(27)25-19)13-24-15-8-9-18(17(22)12-15)23-10-5-11-26(2)3/h4,6-9,12-13,16,23H,5,10-11H2,1-3H3,(H,25,27). The molecule has 0 saturated carbocycles. The molecule has 1 atom stereocenters. The van der Waals surface area contributed by atoms with Gasteiger partial charge >= 0.3 is 0 Å². The van der Waals surface area contributed by atoms with Crippen LogP contribution in [0.1, 0.15) is 23.5 Å². The molecule has 0 fully saturated rings. The van der Waals surface area contributed by atoms with Gasteiger partial charge in [-0.15, -0.1) is 0 Å². The molecule has 2 aromatic rings. The number of amides is 1. The van der Waals surface area contributed by atoms with Gasteiger partial charge in [0.05, 0.1) is 11.4 Å². The third-order valence-corrected chi connectivity index (χ3v) is 4.60. The maximum Gasteiger partial charge on any atom is 0.237 e. The zero-order chi connectivity index (χ0) is 19.4. The van der Waals surface area contributed by atoms with Gasteiger partial charge in [-0.2, -0.15) is 0 Å². The number of benzene rings is 2. The molecular weight excluding hydrogens is 343 g/mol. The average molecular weight is 368 g/mol. The molecule has 142 valence electrons. The smallest absolute Gasteiger partial charge is 0.237 e. The molecule has 27 heavy (non-hydrogen) atoms. The monoisotopic (exact) mass is 368 g/mol. The minimum Gasteiger partial charge on any atom is -0.383 e. The summed E-state index contributed by atoms with van der Waals surface area (Å²) in [5.74, 6) is -0.905. The zero-order valence-electron chi connectivity index (χ0n) is 15.9. The SMILES string of the molecule is Cc1cccc2c1C(C=Nc1ccc(NCCCN(C)C)c(F)c1)C(=O)N2. The zero-order valence-corrected chi connectivity index (χ0v) is 15.9. The van der Waals surface area contributed by atoms with E-state index in [1.54, 1.807) is 18.3 Å². The lowest BCUT2D eigenvalue weighted by atomic mass is 9.97. The fourth-order valence-electron chi connectivity index (χ4n) is 3.19. The summed E-state index contributed by atoms with van der Waals surface area (Å²) >= 11 is 0. The van der Waals surface area contributed by atoms with Crippen LogP contribution >= 0.6 is 0 Å². The minimum absolute atomic E-state index is 0.109. The largest absolute Gasteiger partial charge is 0.383 e. The van der Waals surface area contributed by atoms with Crippen LogP contribution in [-0.4, -0.2) is 44.2 Å². The number of nitrogens with one attached hydrogen (secondary N) is 2. The first-order valence-corrected chi connectivity index (χ1v) is 9.08. The maximum atomic E-state index is 14.3. The van der Waals surface area contributed by atoms with Gasteiger partial charge in [-0.3, -0.25) is 9.79 Å². The van der Waals surface area contributed by atoms with Gasteiger partial charge in [0.2, 0.25) is 5.91 Å². The number of hydrogen-bond acceptors (Lipinski definition) is 4. The van der Waals surface area contributed by atoms with Crippen LogP contribution in [0.5, 0.6) is 0 Å². The summed E-state index contributed by atoms with van der Waals surface area (Å²) in [6.45, 7) is 3.62. The van der Waals surface area contributed by atoms with Crippen molar-refractivity contribution in [1.82, 2.24) is 4.90 Å². The summed E-state index contributed by atoms with van der Waals surface area (Å²) in [6.07, 6.45) is 2.52. The molecule has 0 aromatic heterocycles. The van der Waals surface area contributed by atoms with Gasteiger partial charge < -0.3 is 15.5 Å². The molecule has 1 aliphatic rings. The Kier molecular flexibility index (Phi) is 5.86. The van der Waals surface area contributed by atoms with Crippen molar-refractivity contribution in [3.05, 3.63) is 53.3 Å². The van der Waals surface area contributed by atoms with Crippen LogP contribution in [0.15, 0.2) is 41.4 Å². The van der Waals surface area contributed by atoms with Crippen LogP contribution in [0.3, 0.4) is 0 Å². The summed E-state index contributed by atoms with van der Waals surface area (Å²) in [6, 6.07) is 10.6. The van der Waals surface area contributed by atoms with Gasteiger partial charge in [-0.1, -0.05) is 12.1 Å². The van der Waals surface area contributed by atoms with Crippen molar-refractivity contribution in [3.63, 3.8) is 0 Å². The normalized spacial score (nSPS) is 16.0. The Hall–Kier alpha value is -2.73. The highest BCUT2D eigenvalue weighted by Crippen LogP contribution is 2.34. The molecule has 3 rings (SSSR count). The Balaban J connectivity index is 1.68. The van der Waals surface area contributed by atoms with E-state index in [1.165, 1.54) is 6.07 Å². The predicted octanol–water partition coefficient (Wildman–Crippen LogP) is 3.94. The topological polar surface area (TPSA) is 56.7 Å². The van der Waals surface area contributed by atoms with Crippen LogP contribution in [0.2, 0.25) is 0 Å². The van der Waals surface area contributed by atoms with Crippen molar-refractivity contribution in [3.8, 4) is 0 Å². The summed E-state index contributed by atoms with van der Waals surface area (Å²) in [5, 5.41) is 5.97. The van der Waals surface area contributed by atoms with Crippen LogP contribution in [0.4, 0.5) is 21.5 Å². The molecule has 2 N–H and O–H groups in total. The van der Waals surface area contributed by atoms with E-state index in [9.17, 15) is 9.18 Å². The molecule has 6 heteroatoms. The molecule has 0 saturated heterocycles. The Morgan fingerprint density at radius 3 is 2.85 bits per heavy atom. The molecule has 0 aliphatic carbocycles. The lowest BCUT2D eigenvalue weighted by Crippen LogP contribution is -2.16. The highest BCUT2D eigenvalue weighted by molar-refractivity contribution is 6.13. The number of nitrogens with zero attached hydrogens (tertiary/aromatic N) is 2. The number of halogens is 1. The number of fused-ring (bicyclic) bond motifs is 1. The van der Waals surface area contributed by atoms with E-state index in [1.807, 2.05) is 39.2 Å². The highest BCUT2D eigenvalue weighted by Gasteiger charge is 2.30. The molecule has 5 nitrogen and oxygen atoms in total. The first-order chi connectivity index (χ1) is 13.0. The van der Waals surface area contributed by atoms with Gasteiger partial charge in [0, 0.05) is 24.5 Å². The van der Waals surface area contributed by atoms with E-state index in [0.717, 1.165) is 29.8 Å². The Labute approximate surface area is 159 Å². The van der Waals surface area contributed by atoms with Crippen molar-refractivity contribution in [2.24, 2.45) is 4.99 Å². The molecular formula is C21H25FN4O. The van der Waals surface area contributed by atoms with E-state index < -0.39 is 5.92 Å². The number of anilines is 2. The minimum atomic E-state index is -0.451. The second-order valence-electron chi connectivity index (χ2n) is 7.03. The van der Waals surface area contributed by atoms with Gasteiger partial charge in [0.15, 0.2) is 0 Å². The lowest BCUT2D eigenvalue weighted by molar-refractivity contribution is -0.115. The van der Waals surface area contributed by atoms with Crippen molar-refractivity contribution in [2.45, 2.75) is 19.3 Å². The maximum absolute atomic E-state index is 14.3. The third-order valence-electron chi connectivity index (χ3n) is 4.60. The molecule has 2 aromatic carbocycles. The molecule has 0 bridgehead atoms. The van der Waals surface area contributed by atoms with E-state index in [2.05, 4.69) is 20.5 Å².